The van der Waals surface area contributed by atoms with E-state index in [1.807, 2.05) is 11.4 Å². The number of thiophene rings is 2. The van der Waals surface area contributed by atoms with Crippen molar-refractivity contribution in [3.05, 3.63) is 41.1 Å². The molecule has 0 saturated carbocycles. The van der Waals surface area contributed by atoms with E-state index in [0.717, 1.165) is 14.2 Å². The van der Waals surface area contributed by atoms with Crippen molar-refractivity contribution in [3.8, 4) is 0 Å². The van der Waals surface area contributed by atoms with E-state index in [4.69, 9.17) is 23.2 Å². The fraction of sp³-hybridized carbons (Fsp3) is 0.111. The number of rotatable bonds is 2. The van der Waals surface area contributed by atoms with Crippen molar-refractivity contribution < 1.29 is 5.11 Å². The Morgan fingerprint density at radius 1 is 1.40 bits per heavy atom. The molecule has 2 rings (SSSR count). The highest BCUT2D eigenvalue weighted by molar-refractivity contribution is 9.10. The molecule has 0 bridgehead atoms. The molecule has 0 aliphatic carbocycles. The lowest BCUT2D eigenvalue weighted by atomic mass is 10.2. The van der Waals surface area contributed by atoms with Crippen molar-refractivity contribution in [1.82, 2.24) is 0 Å². The SMILES string of the molecule is OC(c1cc(Br)c(Cl)s1)c1sccc1Cl. The van der Waals surface area contributed by atoms with Crippen LogP contribution >= 0.6 is 61.8 Å². The summed E-state index contributed by atoms with van der Waals surface area (Å²) in [6.07, 6.45) is -0.689. The molecule has 6 heteroatoms. The second-order valence-electron chi connectivity index (χ2n) is 2.81. The summed E-state index contributed by atoms with van der Waals surface area (Å²) in [5, 5.41) is 12.5. The van der Waals surface area contributed by atoms with E-state index in [-0.39, 0.29) is 0 Å². The van der Waals surface area contributed by atoms with Crippen molar-refractivity contribution in [2.24, 2.45) is 0 Å². The predicted molar refractivity (Wildman–Crippen MR) is 70.4 cm³/mol. The molecule has 80 valence electrons. The van der Waals surface area contributed by atoms with Crippen LogP contribution < -0.4 is 0 Å². The summed E-state index contributed by atoms with van der Waals surface area (Å²) in [6, 6.07) is 3.59. The smallest absolute Gasteiger partial charge is 0.124 e. The van der Waals surface area contributed by atoms with E-state index >= 15 is 0 Å². The van der Waals surface area contributed by atoms with Gasteiger partial charge in [-0.1, -0.05) is 23.2 Å². The van der Waals surface area contributed by atoms with Crippen LogP contribution in [0.5, 0.6) is 0 Å². The number of aliphatic hydroxyl groups is 1. The van der Waals surface area contributed by atoms with Gasteiger partial charge in [0, 0.05) is 9.35 Å². The van der Waals surface area contributed by atoms with Gasteiger partial charge < -0.3 is 5.11 Å². The molecule has 0 radical (unpaired) electrons. The highest BCUT2D eigenvalue weighted by Crippen LogP contribution is 2.40. The quantitative estimate of drug-likeness (QED) is 0.816. The number of hydrogen-bond donors (Lipinski definition) is 1. The maximum atomic E-state index is 10.1. The van der Waals surface area contributed by atoms with Gasteiger partial charge in [0.25, 0.3) is 0 Å². The van der Waals surface area contributed by atoms with E-state index in [1.165, 1.54) is 22.7 Å². The fourth-order valence-electron chi connectivity index (χ4n) is 1.13. The third-order valence-electron chi connectivity index (χ3n) is 1.83. The molecule has 0 aliphatic heterocycles. The Bertz CT molecular complexity index is 461. The molecule has 0 saturated heterocycles. The Morgan fingerprint density at radius 3 is 2.60 bits per heavy atom. The third kappa shape index (κ3) is 2.40. The molecule has 0 aliphatic rings. The van der Waals surface area contributed by atoms with Crippen molar-refractivity contribution in [2.75, 3.05) is 0 Å². The molecular formula is C9H5BrCl2OS2. The summed E-state index contributed by atoms with van der Waals surface area (Å²) < 4.78 is 1.44. The van der Waals surface area contributed by atoms with Gasteiger partial charge in [0.05, 0.1) is 9.90 Å². The van der Waals surface area contributed by atoms with Crippen LogP contribution in [0.25, 0.3) is 0 Å². The summed E-state index contributed by atoms with van der Waals surface area (Å²) in [5.41, 5.74) is 0. The minimum absolute atomic E-state index is 0.591. The van der Waals surface area contributed by atoms with Gasteiger partial charge in [0.1, 0.15) is 10.4 Å². The average Bonchev–Trinajstić information content (AvgIpc) is 2.74. The Labute approximate surface area is 113 Å². The predicted octanol–water partition coefficient (Wildman–Crippen LogP) is 4.96. The lowest BCUT2D eigenvalue weighted by Gasteiger charge is -2.05. The van der Waals surface area contributed by atoms with Gasteiger partial charge in [-0.15, -0.1) is 22.7 Å². The van der Waals surface area contributed by atoms with Gasteiger partial charge >= 0.3 is 0 Å². The van der Waals surface area contributed by atoms with E-state index in [0.29, 0.717) is 9.36 Å². The van der Waals surface area contributed by atoms with Crippen molar-refractivity contribution in [2.45, 2.75) is 6.10 Å². The zero-order chi connectivity index (χ0) is 11.0. The lowest BCUT2D eigenvalue weighted by Crippen LogP contribution is -1.93. The Hall–Kier alpha value is 0.420. The number of hydrogen-bond acceptors (Lipinski definition) is 3. The molecule has 0 spiro atoms. The van der Waals surface area contributed by atoms with Gasteiger partial charge in [-0.2, -0.15) is 0 Å². The minimum Gasteiger partial charge on any atom is -0.382 e. The van der Waals surface area contributed by atoms with Gasteiger partial charge in [0.2, 0.25) is 0 Å². The van der Waals surface area contributed by atoms with Crippen LogP contribution in [-0.4, -0.2) is 5.11 Å². The van der Waals surface area contributed by atoms with Crippen LogP contribution in [0.4, 0.5) is 0 Å². The summed E-state index contributed by atoms with van der Waals surface area (Å²) in [6.45, 7) is 0. The molecule has 1 atom stereocenters. The number of aliphatic hydroxyl groups excluding tert-OH is 1. The maximum Gasteiger partial charge on any atom is 0.124 e. The largest absolute Gasteiger partial charge is 0.382 e. The molecule has 1 nitrogen and oxygen atoms in total. The molecule has 0 aromatic carbocycles. The van der Waals surface area contributed by atoms with E-state index in [1.54, 1.807) is 6.07 Å². The maximum absolute atomic E-state index is 10.1. The molecular weight excluding hydrogens is 339 g/mol. The van der Waals surface area contributed by atoms with Crippen molar-refractivity contribution >= 4 is 61.8 Å². The first-order valence-electron chi connectivity index (χ1n) is 3.95. The summed E-state index contributed by atoms with van der Waals surface area (Å²) in [7, 11) is 0. The van der Waals surface area contributed by atoms with E-state index in [2.05, 4.69) is 15.9 Å². The van der Waals surface area contributed by atoms with Gasteiger partial charge in [-0.25, -0.2) is 0 Å². The van der Waals surface area contributed by atoms with Crippen LogP contribution in [0.1, 0.15) is 15.9 Å². The van der Waals surface area contributed by atoms with Gasteiger partial charge in [-0.05, 0) is 33.4 Å². The third-order valence-corrected chi connectivity index (χ3v) is 5.76. The van der Waals surface area contributed by atoms with Crippen LogP contribution in [-0.2, 0) is 0 Å². The normalized spacial score (nSPS) is 13.1. The van der Waals surface area contributed by atoms with Gasteiger partial charge in [-0.3, -0.25) is 0 Å². The molecule has 2 aromatic heterocycles. The first kappa shape index (κ1) is 11.9. The zero-order valence-corrected chi connectivity index (χ0v) is 11.9. The van der Waals surface area contributed by atoms with Crippen LogP contribution in [0.3, 0.4) is 0 Å². The fourth-order valence-corrected chi connectivity index (χ4v) is 4.10. The van der Waals surface area contributed by atoms with E-state index < -0.39 is 6.10 Å². The lowest BCUT2D eigenvalue weighted by molar-refractivity contribution is 0.228. The first-order valence-corrected chi connectivity index (χ1v) is 7.20. The molecule has 1 unspecified atom stereocenters. The highest BCUT2D eigenvalue weighted by Gasteiger charge is 2.18. The monoisotopic (exact) mass is 342 g/mol. The second kappa shape index (κ2) is 4.73. The van der Waals surface area contributed by atoms with Crippen LogP contribution in [0, 0.1) is 0 Å². The molecule has 15 heavy (non-hydrogen) atoms. The molecule has 0 amide bonds. The minimum atomic E-state index is -0.689. The summed E-state index contributed by atoms with van der Waals surface area (Å²) in [5.74, 6) is 0. The van der Waals surface area contributed by atoms with Crippen molar-refractivity contribution in [3.63, 3.8) is 0 Å². The Balaban J connectivity index is 2.36. The van der Waals surface area contributed by atoms with Crippen molar-refractivity contribution in [1.29, 1.82) is 0 Å². The summed E-state index contributed by atoms with van der Waals surface area (Å²) >= 11 is 17.9. The van der Waals surface area contributed by atoms with Crippen LogP contribution in [0.2, 0.25) is 9.36 Å². The first-order chi connectivity index (χ1) is 7.09. The topological polar surface area (TPSA) is 20.2 Å². The standard InChI is InChI=1S/C9H5BrCl2OS2/c10-4-3-6(15-9(4)12)7(13)8-5(11)1-2-14-8/h1-3,7,13H. The Kier molecular flexibility index (Phi) is 3.75. The average molecular weight is 344 g/mol. The highest BCUT2D eigenvalue weighted by atomic mass is 79.9. The molecule has 2 heterocycles. The number of halogens is 3. The summed E-state index contributed by atoms with van der Waals surface area (Å²) in [4.78, 5) is 1.54. The van der Waals surface area contributed by atoms with Crippen LogP contribution in [0.15, 0.2) is 22.0 Å². The molecule has 0 fully saturated rings. The van der Waals surface area contributed by atoms with Gasteiger partial charge in [0.15, 0.2) is 0 Å². The zero-order valence-electron chi connectivity index (χ0n) is 7.21. The second-order valence-corrected chi connectivity index (χ2v) is 6.70. The molecule has 2 aromatic rings. The molecule has 1 N–H and O–H groups in total. The Morgan fingerprint density at radius 2 is 2.13 bits per heavy atom. The van der Waals surface area contributed by atoms with E-state index in [9.17, 15) is 5.11 Å².